The van der Waals surface area contributed by atoms with Gasteiger partial charge < -0.3 is 5.32 Å². The van der Waals surface area contributed by atoms with Gasteiger partial charge in [-0.15, -0.1) is 0 Å². The van der Waals surface area contributed by atoms with Crippen LogP contribution in [0.5, 0.6) is 0 Å². The van der Waals surface area contributed by atoms with Crippen molar-refractivity contribution in [2.24, 2.45) is 0 Å². The third-order valence-corrected chi connectivity index (χ3v) is 4.85. The predicted molar refractivity (Wildman–Crippen MR) is 92.7 cm³/mol. The Morgan fingerprint density at radius 1 is 1.09 bits per heavy atom. The molecule has 2 aromatic rings. The van der Waals surface area contributed by atoms with Gasteiger partial charge in [0.2, 0.25) is 10.0 Å². The number of rotatable bonds is 6. The zero-order valence-electron chi connectivity index (χ0n) is 13.1. The molecule has 0 radical (unpaired) electrons. The molecule has 4 nitrogen and oxygen atoms in total. The molecule has 5 heteroatoms. The van der Waals surface area contributed by atoms with Crippen LogP contribution in [0, 0.1) is 6.92 Å². The Kier molecular flexibility index (Phi) is 5.08. The second-order valence-electron chi connectivity index (χ2n) is 5.31. The van der Waals surface area contributed by atoms with E-state index in [4.69, 9.17) is 0 Å². The van der Waals surface area contributed by atoms with E-state index in [1.165, 1.54) is 5.56 Å². The summed E-state index contributed by atoms with van der Waals surface area (Å²) in [6.45, 7) is 5.61. The Hall–Kier alpha value is -2.01. The highest BCUT2D eigenvalue weighted by atomic mass is 32.2. The summed E-state index contributed by atoms with van der Waals surface area (Å²) in [4.78, 5) is 0. The Labute approximate surface area is 132 Å². The Morgan fingerprint density at radius 3 is 2.36 bits per heavy atom. The van der Waals surface area contributed by atoms with Crippen LogP contribution in [0.25, 0.3) is 0 Å². The largest absolute Gasteiger partial charge is 0.379 e. The van der Waals surface area contributed by atoms with Gasteiger partial charge in [0.15, 0.2) is 0 Å². The standard InChI is InChI=1S/C17H22N2O2S/c1-4-22(20,21)19-17-11-10-16(12-13(17)2)18-14(3)15-8-6-5-7-9-15/h5-12,14,18-19H,4H2,1-3H3/t14-/m1/s1. The summed E-state index contributed by atoms with van der Waals surface area (Å²) < 4.78 is 25.9. The molecule has 0 fully saturated rings. The van der Waals surface area contributed by atoms with Crippen LogP contribution in [-0.4, -0.2) is 14.2 Å². The van der Waals surface area contributed by atoms with Crippen molar-refractivity contribution in [3.8, 4) is 0 Å². The molecule has 0 saturated heterocycles. The molecule has 0 amide bonds. The van der Waals surface area contributed by atoms with Crippen LogP contribution in [0.2, 0.25) is 0 Å². The minimum Gasteiger partial charge on any atom is -0.379 e. The third-order valence-electron chi connectivity index (χ3n) is 3.55. The predicted octanol–water partition coefficient (Wildman–Crippen LogP) is 3.93. The SMILES string of the molecule is CCS(=O)(=O)Nc1ccc(N[C@H](C)c2ccccc2)cc1C. The maximum absolute atomic E-state index is 11.6. The van der Waals surface area contributed by atoms with Crippen molar-refractivity contribution < 1.29 is 8.42 Å². The van der Waals surface area contributed by atoms with E-state index in [9.17, 15) is 8.42 Å². The van der Waals surface area contributed by atoms with E-state index in [0.29, 0.717) is 5.69 Å². The molecule has 0 aromatic heterocycles. The number of anilines is 2. The van der Waals surface area contributed by atoms with Crippen molar-refractivity contribution in [2.45, 2.75) is 26.8 Å². The van der Waals surface area contributed by atoms with Crippen LogP contribution in [0.3, 0.4) is 0 Å². The Morgan fingerprint density at radius 2 is 1.77 bits per heavy atom. The summed E-state index contributed by atoms with van der Waals surface area (Å²) in [6.07, 6.45) is 0. The molecule has 2 rings (SSSR count). The second kappa shape index (κ2) is 6.83. The van der Waals surface area contributed by atoms with Crippen molar-refractivity contribution in [3.63, 3.8) is 0 Å². The zero-order chi connectivity index (χ0) is 16.2. The van der Waals surface area contributed by atoms with Crippen LogP contribution in [0.15, 0.2) is 48.5 Å². The number of benzene rings is 2. The van der Waals surface area contributed by atoms with Crippen LogP contribution in [0.1, 0.15) is 31.0 Å². The minimum absolute atomic E-state index is 0.0669. The molecule has 2 aromatic carbocycles. The van der Waals surface area contributed by atoms with Gasteiger partial charge in [0.1, 0.15) is 0 Å². The normalized spacial score (nSPS) is 12.7. The van der Waals surface area contributed by atoms with Crippen LogP contribution >= 0.6 is 0 Å². The summed E-state index contributed by atoms with van der Waals surface area (Å²) >= 11 is 0. The van der Waals surface area contributed by atoms with E-state index in [0.717, 1.165) is 11.3 Å². The highest BCUT2D eigenvalue weighted by Crippen LogP contribution is 2.24. The van der Waals surface area contributed by atoms with E-state index in [1.807, 2.05) is 37.3 Å². The lowest BCUT2D eigenvalue weighted by Crippen LogP contribution is -2.15. The molecule has 0 bridgehead atoms. The molecule has 22 heavy (non-hydrogen) atoms. The highest BCUT2D eigenvalue weighted by molar-refractivity contribution is 7.92. The monoisotopic (exact) mass is 318 g/mol. The highest BCUT2D eigenvalue weighted by Gasteiger charge is 2.10. The molecule has 0 aliphatic rings. The summed E-state index contributed by atoms with van der Waals surface area (Å²) in [5.74, 6) is 0.0669. The fraction of sp³-hybridized carbons (Fsp3) is 0.294. The summed E-state index contributed by atoms with van der Waals surface area (Å²) in [5, 5.41) is 3.43. The van der Waals surface area contributed by atoms with Crippen molar-refractivity contribution in [1.82, 2.24) is 0 Å². The van der Waals surface area contributed by atoms with E-state index < -0.39 is 10.0 Å². The van der Waals surface area contributed by atoms with E-state index in [2.05, 4.69) is 29.1 Å². The van der Waals surface area contributed by atoms with Gasteiger partial charge in [-0.1, -0.05) is 30.3 Å². The van der Waals surface area contributed by atoms with Crippen LogP contribution in [0.4, 0.5) is 11.4 Å². The molecule has 0 unspecified atom stereocenters. The first-order chi connectivity index (χ1) is 10.4. The molecule has 2 N–H and O–H groups in total. The topological polar surface area (TPSA) is 58.2 Å². The van der Waals surface area contributed by atoms with Gasteiger partial charge in [-0.2, -0.15) is 0 Å². The quantitative estimate of drug-likeness (QED) is 0.848. The fourth-order valence-electron chi connectivity index (χ4n) is 2.18. The number of aryl methyl sites for hydroxylation is 1. The van der Waals surface area contributed by atoms with Crippen molar-refractivity contribution in [3.05, 3.63) is 59.7 Å². The molecule has 0 aliphatic carbocycles. The van der Waals surface area contributed by atoms with Crippen molar-refractivity contribution in [2.75, 3.05) is 15.8 Å². The van der Waals surface area contributed by atoms with Gasteiger partial charge in [-0.05, 0) is 50.1 Å². The average Bonchev–Trinajstić information content (AvgIpc) is 2.51. The summed E-state index contributed by atoms with van der Waals surface area (Å²) in [5.41, 5.74) is 3.69. The van der Waals surface area contributed by atoms with E-state index >= 15 is 0 Å². The number of hydrogen-bond donors (Lipinski definition) is 2. The van der Waals surface area contributed by atoms with Crippen LogP contribution < -0.4 is 10.0 Å². The molecule has 1 atom stereocenters. The van der Waals surface area contributed by atoms with Gasteiger partial charge in [0.25, 0.3) is 0 Å². The Bertz CT molecular complexity index is 728. The number of nitrogens with one attached hydrogen (secondary N) is 2. The van der Waals surface area contributed by atoms with Gasteiger partial charge >= 0.3 is 0 Å². The molecular weight excluding hydrogens is 296 g/mol. The maximum Gasteiger partial charge on any atom is 0.232 e. The van der Waals surface area contributed by atoms with Gasteiger partial charge in [0.05, 0.1) is 11.4 Å². The van der Waals surface area contributed by atoms with Crippen LogP contribution in [-0.2, 0) is 10.0 Å². The van der Waals surface area contributed by atoms with Crippen molar-refractivity contribution >= 4 is 21.4 Å². The molecule has 0 aliphatic heterocycles. The molecule has 0 saturated carbocycles. The van der Waals surface area contributed by atoms with Gasteiger partial charge in [-0.25, -0.2) is 8.42 Å². The van der Waals surface area contributed by atoms with Gasteiger partial charge in [0, 0.05) is 11.7 Å². The van der Waals surface area contributed by atoms with E-state index in [-0.39, 0.29) is 11.8 Å². The van der Waals surface area contributed by atoms with Crippen molar-refractivity contribution in [1.29, 1.82) is 0 Å². The average molecular weight is 318 g/mol. The first-order valence-electron chi connectivity index (χ1n) is 7.34. The molecule has 0 spiro atoms. The maximum atomic E-state index is 11.6. The molecule has 0 heterocycles. The molecular formula is C17H22N2O2S. The first-order valence-corrected chi connectivity index (χ1v) is 8.99. The lowest BCUT2D eigenvalue weighted by Gasteiger charge is -2.17. The number of sulfonamides is 1. The van der Waals surface area contributed by atoms with Gasteiger partial charge in [-0.3, -0.25) is 4.72 Å². The Balaban J connectivity index is 2.13. The molecule has 118 valence electrons. The van der Waals surface area contributed by atoms with E-state index in [1.54, 1.807) is 13.0 Å². The fourth-order valence-corrected chi connectivity index (χ4v) is 2.89. The smallest absolute Gasteiger partial charge is 0.232 e. The lowest BCUT2D eigenvalue weighted by molar-refractivity contribution is 0.602. The zero-order valence-corrected chi connectivity index (χ0v) is 13.9. The summed E-state index contributed by atoms with van der Waals surface area (Å²) in [7, 11) is -3.24. The third kappa shape index (κ3) is 4.24. The summed E-state index contributed by atoms with van der Waals surface area (Å²) in [6, 6.07) is 16.0. The minimum atomic E-state index is -3.24. The lowest BCUT2D eigenvalue weighted by atomic mass is 10.1. The number of hydrogen-bond acceptors (Lipinski definition) is 3. The second-order valence-corrected chi connectivity index (χ2v) is 7.32. The first kappa shape index (κ1) is 16.4.